The van der Waals surface area contributed by atoms with Crippen LogP contribution in [0.1, 0.15) is 60.9 Å². The summed E-state index contributed by atoms with van der Waals surface area (Å²) in [6, 6.07) is 14.4. The number of hydrogen-bond donors (Lipinski definition) is 0. The fourth-order valence-electron chi connectivity index (χ4n) is 4.18. The smallest absolute Gasteiger partial charge is 0.317 e. The molecule has 2 aromatic carbocycles. The lowest BCUT2D eigenvalue weighted by atomic mass is 10.0. The van der Waals surface area contributed by atoms with Crippen LogP contribution in [0, 0.1) is 11.7 Å². The fourth-order valence-corrected chi connectivity index (χ4v) is 5.66. The summed E-state index contributed by atoms with van der Waals surface area (Å²) in [5.41, 5.74) is 2.58. The number of para-hydroxylation sites is 1. The van der Waals surface area contributed by atoms with Crippen LogP contribution in [-0.4, -0.2) is 25.0 Å². The van der Waals surface area contributed by atoms with E-state index in [-0.39, 0.29) is 29.0 Å². The third-order valence-electron chi connectivity index (χ3n) is 7.30. The summed E-state index contributed by atoms with van der Waals surface area (Å²) >= 11 is 0. The number of nitrogens with zero attached hydrogens (tertiary/aromatic N) is 1. The molecule has 35 heavy (non-hydrogen) atoms. The summed E-state index contributed by atoms with van der Waals surface area (Å²) in [6.07, 6.45) is 0.496. The largest absolute Gasteiger partial charge is 0.413 e. The normalized spacial score (nSPS) is 14.4. The highest BCUT2D eigenvalue weighted by Crippen LogP contribution is 2.43. The monoisotopic (exact) mass is 497 g/mol. The number of esters is 1. The summed E-state index contributed by atoms with van der Waals surface area (Å²) < 4.78 is 28.6. The Morgan fingerprint density at radius 3 is 2.17 bits per heavy atom. The lowest BCUT2D eigenvalue weighted by molar-refractivity contribution is -0.142. The van der Waals surface area contributed by atoms with Crippen LogP contribution in [0.3, 0.4) is 0 Å². The van der Waals surface area contributed by atoms with Crippen LogP contribution in [0.4, 0.5) is 4.39 Å². The SMILES string of the molecule is CC[C@H](O[Si](C)(C)C(C)(C)C)C(C)C(=O)Oc1c(-c2ccc(F)cc2)c2ccccc2n1C(C)C. The number of fused-ring (bicyclic) bond motifs is 1. The Labute approximate surface area is 210 Å². The first-order chi connectivity index (χ1) is 16.3. The zero-order valence-corrected chi connectivity index (χ0v) is 23.6. The molecule has 0 saturated heterocycles. The lowest BCUT2D eigenvalue weighted by Gasteiger charge is -2.40. The predicted octanol–water partition coefficient (Wildman–Crippen LogP) is 8.37. The molecule has 0 bridgehead atoms. The molecule has 1 aromatic heterocycles. The molecule has 0 aliphatic rings. The van der Waals surface area contributed by atoms with E-state index < -0.39 is 14.2 Å². The van der Waals surface area contributed by atoms with Gasteiger partial charge in [0.25, 0.3) is 0 Å². The maximum atomic E-state index is 13.7. The van der Waals surface area contributed by atoms with E-state index in [9.17, 15) is 9.18 Å². The van der Waals surface area contributed by atoms with Gasteiger partial charge in [-0.3, -0.25) is 4.79 Å². The van der Waals surface area contributed by atoms with Gasteiger partial charge in [0.1, 0.15) is 5.82 Å². The molecule has 2 atom stereocenters. The standard InChI is InChI=1S/C29H40FNO3Si/c1-10-25(34-35(8,9)29(5,6)7)20(4)28(32)33-27-26(21-15-17-22(30)18-16-21)23-13-11-12-14-24(23)31(27)19(2)3/h11-20,25H,10H2,1-9H3/t20?,25-/m0/s1. The molecule has 0 spiro atoms. The summed E-state index contributed by atoms with van der Waals surface area (Å²) in [4.78, 5) is 13.6. The first kappa shape index (κ1) is 27.1. The van der Waals surface area contributed by atoms with Crippen LogP contribution >= 0.6 is 0 Å². The molecular weight excluding hydrogens is 457 g/mol. The Bertz CT molecular complexity index is 1180. The summed E-state index contributed by atoms with van der Waals surface area (Å²) in [6.45, 7) is 19.1. The van der Waals surface area contributed by atoms with E-state index in [1.165, 1.54) is 12.1 Å². The average Bonchev–Trinajstić information content (AvgIpc) is 3.10. The van der Waals surface area contributed by atoms with Gasteiger partial charge in [0.15, 0.2) is 8.32 Å². The molecule has 0 radical (unpaired) electrons. The topological polar surface area (TPSA) is 40.5 Å². The maximum Gasteiger partial charge on any atom is 0.317 e. The molecule has 3 aromatic rings. The highest BCUT2D eigenvalue weighted by atomic mass is 28.4. The molecule has 6 heteroatoms. The second kappa shape index (κ2) is 10.3. The van der Waals surface area contributed by atoms with E-state index in [0.29, 0.717) is 5.88 Å². The molecule has 0 fully saturated rings. The van der Waals surface area contributed by atoms with E-state index in [4.69, 9.17) is 9.16 Å². The van der Waals surface area contributed by atoms with Crippen LogP contribution in [0.15, 0.2) is 48.5 Å². The molecule has 1 unspecified atom stereocenters. The van der Waals surface area contributed by atoms with Crippen molar-refractivity contribution in [1.29, 1.82) is 0 Å². The van der Waals surface area contributed by atoms with Gasteiger partial charge >= 0.3 is 5.97 Å². The Morgan fingerprint density at radius 2 is 1.63 bits per heavy atom. The minimum atomic E-state index is -2.06. The third kappa shape index (κ3) is 5.54. The van der Waals surface area contributed by atoms with Gasteiger partial charge in [-0.1, -0.05) is 58.0 Å². The van der Waals surface area contributed by atoms with E-state index >= 15 is 0 Å². The first-order valence-corrected chi connectivity index (χ1v) is 15.5. The molecule has 0 aliphatic heterocycles. The zero-order valence-electron chi connectivity index (χ0n) is 22.6. The minimum Gasteiger partial charge on any atom is -0.413 e. The van der Waals surface area contributed by atoms with E-state index in [1.807, 2.05) is 35.8 Å². The van der Waals surface area contributed by atoms with Gasteiger partial charge in [0.2, 0.25) is 5.88 Å². The Hall–Kier alpha value is -2.44. The lowest BCUT2D eigenvalue weighted by Crippen LogP contribution is -2.46. The van der Waals surface area contributed by atoms with Crippen molar-refractivity contribution in [3.63, 3.8) is 0 Å². The minimum absolute atomic E-state index is 0.0455. The molecular formula is C29H40FNO3Si. The summed E-state index contributed by atoms with van der Waals surface area (Å²) in [5, 5.41) is 1.01. The van der Waals surface area contributed by atoms with E-state index in [0.717, 1.165) is 28.5 Å². The van der Waals surface area contributed by atoms with Crippen molar-refractivity contribution >= 4 is 25.2 Å². The second-order valence-electron chi connectivity index (χ2n) is 11.2. The fraction of sp³-hybridized carbons (Fsp3) is 0.483. The first-order valence-electron chi connectivity index (χ1n) is 12.6. The van der Waals surface area contributed by atoms with Gasteiger partial charge in [0.05, 0.1) is 23.1 Å². The van der Waals surface area contributed by atoms with E-state index in [1.54, 1.807) is 12.1 Å². The molecule has 0 amide bonds. The molecule has 1 heterocycles. The van der Waals surface area contributed by atoms with Crippen LogP contribution in [0.25, 0.3) is 22.0 Å². The number of aromatic nitrogens is 1. The van der Waals surface area contributed by atoms with Gasteiger partial charge in [-0.05, 0) is 69.1 Å². The predicted molar refractivity (Wildman–Crippen MR) is 145 cm³/mol. The van der Waals surface area contributed by atoms with Gasteiger partial charge < -0.3 is 13.7 Å². The molecule has 0 aliphatic carbocycles. The maximum absolute atomic E-state index is 13.7. The second-order valence-corrected chi connectivity index (χ2v) is 16.0. The number of carbonyl (C=O) groups excluding carboxylic acids is 1. The quantitative estimate of drug-likeness (QED) is 0.232. The van der Waals surface area contributed by atoms with Crippen LogP contribution in [0.2, 0.25) is 18.1 Å². The average molecular weight is 498 g/mol. The van der Waals surface area contributed by atoms with Gasteiger partial charge in [0, 0.05) is 11.4 Å². The van der Waals surface area contributed by atoms with Crippen LogP contribution < -0.4 is 4.74 Å². The van der Waals surface area contributed by atoms with Crippen molar-refractivity contribution in [1.82, 2.24) is 4.57 Å². The molecule has 4 nitrogen and oxygen atoms in total. The summed E-state index contributed by atoms with van der Waals surface area (Å²) in [7, 11) is -2.06. The highest BCUT2D eigenvalue weighted by molar-refractivity contribution is 6.74. The van der Waals surface area contributed by atoms with Gasteiger partial charge in [-0.25, -0.2) is 4.39 Å². The van der Waals surface area contributed by atoms with Gasteiger partial charge in [-0.15, -0.1) is 0 Å². The van der Waals surface area contributed by atoms with Gasteiger partial charge in [-0.2, -0.15) is 0 Å². The molecule has 0 N–H and O–H groups in total. The Kier molecular flexibility index (Phi) is 7.97. The van der Waals surface area contributed by atoms with Crippen LogP contribution in [-0.2, 0) is 9.22 Å². The Balaban J connectivity index is 2.06. The summed E-state index contributed by atoms with van der Waals surface area (Å²) in [5.74, 6) is -0.564. The van der Waals surface area contributed by atoms with Crippen LogP contribution in [0.5, 0.6) is 5.88 Å². The highest BCUT2D eigenvalue weighted by Gasteiger charge is 2.41. The zero-order chi connectivity index (χ0) is 26.1. The number of hydrogen-bond acceptors (Lipinski definition) is 3. The van der Waals surface area contributed by atoms with E-state index in [2.05, 4.69) is 54.6 Å². The van der Waals surface area contributed by atoms with Crippen molar-refractivity contribution in [2.45, 2.75) is 85.2 Å². The third-order valence-corrected chi connectivity index (χ3v) is 11.8. The number of ether oxygens (including phenoxy) is 1. The number of benzene rings is 2. The van der Waals surface area contributed by atoms with Crippen molar-refractivity contribution < 1.29 is 18.3 Å². The van der Waals surface area contributed by atoms with Crippen molar-refractivity contribution in [3.8, 4) is 17.0 Å². The van der Waals surface area contributed by atoms with Crippen molar-refractivity contribution in [3.05, 3.63) is 54.3 Å². The molecule has 3 rings (SSSR count). The molecule has 0 saturated carbocycles. The number of halogens is 1. The van der Waals surface area contributed by atoms with Crippen molar-refractivity contribution in [2.24, 2.45) is 5.92 Å². The molecule has 190 valence electrons. The number of carbonyl (C=O) groups is 1. The van der Waals surface area contributed by atoms with Crippen molar-refractivity contribution in [2.75, 3.05) is 0 Å². The number of rotatable bonds is 8. The Morgan fingerprint density at radius 1 is 1.03 bits per heavy atom.